The Morgan fingerprint density at radius 1 is 1.17 bits per heavy atom. The lowest BCUT2D eigenvalue weighted by molar-refractivity contribution is 0.581. The van der Waals surface area contributed by atoms with Crippen molar-refractivity contribution in [3.05, 3.63) is 58.3 Å². The maximum absolute atomic E-state index is 12.2. The number of nitrogens with one attached hydrogen (secondary N) is 2. The maximum atomic E-state index is 12.2. The van der Waals surface area contributed by atoms with Crippen LogP contribution in [0.4, 0.5) is 0 Å². The monoisotopic (exact) mass is 345 g/mol. The molecule has 124 valence electrons. The van der Waals surface area contributed by atoms with Crippen molar-refractivity contribution >= 4 is 21.1 Å². The van der Waals surface area contributed by atoms with Crippen LogP contribution < -0.4 is 10.3 Å². The van der Waals surface area contributed by atoms with Gasteiger partial charge in [-0.05, 0) is 25.1 Å². The van der Waals surface area contributed by atoms with Gasteiger partial charge in [0.05, 0.1) is 16.5 Å². The molecule has 0 aliphatic carbocycles. The third-order valence-electron chi connectivity index (χ3n) is 3.43. The van der Waals surface area contributed by atoms with Crippen molar-refractivity contribution in [2.75, 3.05) is 6.54 Å². The predicted molar refractivity (Wildman–Crippen MR) is 88.0 cm³/mol. The summed E-state index contributed by atoms with van der Waals surface area (Å²) in [6.45, 7) is 1.99. The average Bonchev–Trinajstić information content (AvgIpc) is 2.55. The molecule has 3 rings (SSSR count). The fraction of sp³-hybridized carbons (Fsp3) is 0.200. The van der Waals surface area contributed by atoms with Crippen LogP contribution in [-0.4, -0.2) is 35.1 Å². The van der Waals surface area contributed by atoms with E-state index >= 15 is 0 Å². The van der Waals surface area contributed by atoms with Crippen LogP contribution in [0.1, 0.15) is 11.4 Å². The third kappa shape index (κ3) is 3.47. The van der Waals surface area contributed by atoms with Gasteiger partial charge < -0.3 is 4.98 Å². The SMILES string of the molecule is Cc1ccc(S(=O)(=O)NCCc2nc3nnccc3c(=O)[nH]2)cc1. The van der Waals surface area contributed by atoms with Crippen molar-refractivity contribution in [2.24, 2.45) is 0 Å². The van der Waals surface area contributed by atoms with Crippen LogP contribution in [0.3, 0.4) is 0 Å². The van der Waals surface area contributed by atoms with E-state index in [0.717, 1.165) is 5.56 Å². The van der Waals surface area contributed by atoms with Gasteiger partial charge in [-0.1, -0.05) is 17.7 Å². The summed E-state index contributed by atoms with van der Waals surface area (Å²) in [4.78, 5) is 18.9. The van der Waals surface area contributed by atoms with Crippen LogP contribution >= 0.6 is 0 Å². The molecular weight excluding hydrogens is 330 g/mol. The van der Waals surface area contributed by atoms with E-state index in [0.29, 0.717) is 11.2 Å². The molecule has 0 spiro atoms. The minimum Gasteiger partial charge on any atom is -0.310 e. The molecule has 0 bridgehead atoms. The first-order chi connectivity index (χ1) is 11.5. The summed E-state index contributed by atoms with van der Waals surface area (Å²) in [5.41, 5.74) is 0.886. The normalized spacial score (nSPS) is 11.7. The summed E-state index contributed by atoms with van der Waals surface area (Å²) < 4.78 is 26.9. The standard InChI is InChI=1S/C15H15N5O3S/c1-10-2-4-11(5-3-10)24(22,23)17-9-7-13-18-14-12(15(21)19-13)6-8-16-20-14/h2-6,8,17H,7,9H2,1H3,(H,18,19,20,21). The Morgan fingerprint density at radius 2 is 1.92 bits per heavy atom. The van der Waals surface area contributed by atoms with Gasteiger partial charge in [0.2, 0.25) is 10.0 Å². The summed E-state index contributed by atoms with van der Waals surface area (Å²) in [5, 5.41) is 7.82. The van der Waals surface area contributed by atoms with Crippen molar-refractivity contribution in [1.82, 2.24) is 24.9 Å². The van der Waals surface area contributed by atoms with E-state index in [9.17, 15) is 13.2 Å². The fourth-order valence-electron chi connectivity index (χ4n) is 2.16. The van der Waals surface area contributed by atoms with E-state index in [2.05, 4.69) is 24.9 Å². The van der Waals surface area contributed by atoms with Crippen LogP contribution in [0.15, 0.2) is 46.2 Å². The van der Waals surface area contributed by atoms with Gasteiger partial charge in [0.1, 0.15) is 5.82 Å². The Kier molecular flexibility index (Phi) is 4.36. The molecule has 0 saturated carbocycles. The second kappa shape index (κ2) is 6.46. The zero-order valence-corrected chi connectivity index (χ0v) is 13.7. The zero-order valence-electron chi connectivity index (χ0n) is 12.9. The van der Waals surface area contributed by atoms with Gasteiger partial charge in [0.25, 0.3) is 5.56 Å². The molecule has 0 fully saturated rings. The Balaban J connectivity index is 1.72. The Labute approximate surface area is 138 Å². The highest BCUT2D eigenvalue weighted by atomic mass is 32.2. The molecule has 2 aromatic heterocycles. The van der Waals surface area contributed by atoms with Gasteiger partial charge >= 0.3 is 0 Å². The van der Waals surface area contributed by atoms with Crippen LogP contribution in [0.5, 0.6) is 0 Å². The van der Waals surface area contributed by atoms with E-state index in [1.54, 1.807) is 24.3 Å². The highest BCUT2D eigenvalue weighted by molar-refractivity contribution is 7.89. The second-order valence-corrected chi connectivity index (χ2v) is 7.01. The quantitative estimate of drug-likeness (QED) is 0.697. The first-order valence-electron chi connectivity index (χ1n) is 7.23. The molecule has 24 heavy (non-hydrogen) atoms. The van der Waals surface area contributed by atoms with Crippen molar-refractivity contribution in [2.45, 2.75) is 18.2 Å². The second-order valence-electron chi connectivity index (χ2n) is 5.24. The topological polar surface area (TPSA) is 118 Å². The van der Waals surface area contributed by atoms with E-state index < -0.39 is 10.0 Å². The fourth-order valence-corrected chi connectivity index (χ4v) is 3.19. The molecule has 0 unspecified atom stereocenters. The molecule has 9 heteroatoms. The lowest BCUT2D eigenvalue weighted by atomic mass is 10.2. The first kappa shape index (κ1) is 16.2. The number of hydrogen-bond acceptors (Lipinski definition) is 6. The number of aromatic amines is 1. The lowest BCUT2D eigenvalue weighted by Crippen LogP contribution is -2.27. The van der Waals surface area contributed by atoms with Crippen LogP contribution in [0.25, 0.3) is 11.0 Å². The number of H-pyrrole nitrogens is 1. The molecular formula is C15H15N5O3S. The van der Waals surface area contributed by atoms with Crippen LogP contribution in [0.2, 0.25) is 0 Å². The number of fused-ring (bicyclic) bond motifs is 1. The average molecular weight is 345 g/mol. The van der Waals surface area contributed by atoms with Gasteiger partial charge in [-0.2, -0.15) is 5.10 Å². The van der Waals surface area contributed by atoms with Crippen LogP contribution in [-0.2, 0) is 16.4 Å². The van der Waals surface area contributed by atoms with Gasteiger partial charge in [-0.15, -0.1) is 5.10 Å². The lowest BCUT2D eigenvalue weighted by Gasteiger charge is -2.07. The molecule has 8 nitrogen and oxygen atoms in total. The van der Waals surface area contributed by atoms with E-state index in [1.807, 2.05) is 6.92 Å². The number of sulfonamides is 1. The molecule has 1 aromatic carbocycles. The van der Waals surface area contributed by atoms with Crippen molar-refractivity contribution in [1.29, 1.82) is 0 Å². The van der Waals surface area contributed by atoms with Crippen molar-refractivity contribution in [3.63, 3.8) is 0 Å². The Hall–Kier alpha value is -2.65. The smallest absolute Gasteiger partial charge is 0.260 e. The number of aromatic nitrogens is 4. The number of benzene rings is 1. The predicted octanol–water partition coefficient (Wildman–Crippen LogP) is 0.543. The highest BCUT2D eigenvalue weighted by Crippen LogP contribution is 2.09. The minimum absolute atomic E-state index is 0.102. The molecule has 3 aromatic rings. The highest BCUT2D eigenvalue weighted by Gasteiger charge is 2.13. The van der Waals surface area contributed by atoms with E-state index in [1.165, 1.54) is 12.3 Å². The largest absolute Gasteiger partial charge is 0.310 e. The molecule has 0 aliphatic rings. The summed E-state index contributed by atoms with van der Waals surface area (Å²) in [7, 11) is -3.60. The van der Waals surface area contributed by atoms with Crippen molar-refractivity contribution < 1.29 is 8.42 Å². The third-order valence-corrected chi connectivity index (χ3v) is 4.91. The molecule has 2 N–H and O–H groups in total. The van der Waals surface area contributed by atoms with Crippen LogP contribution in [0, 0.1) is 6.92 Å². The van der Waals surface area contributed by atoms with Gasteiger partial charge in [-0.25, -0.2) is 18.1 Å². The summed E-state index contributed by atoms with van der Waals surface area (Å²) in [5.74, 6) is 0.347. The van der Waals surface area contributed by atoms with Gasteiger partial charge in [0, 0.05) is 13.0 Å². The van der Waals surface area contributed by atoms with E-state index in [4.69, 9.17) is 0 Å². The summed E-state index contributed by atoms with van der Waals surface area (Å²) >= 11 is 0. The molecule has 0 radical (unpaired) electrons. The maximum Gasteiger partial charge on any atom is 0.260 e. The first-order valence-corrected chi connectivity index (χ1v) is 8.71. The van der Waals surface area contributed by atoms with E-state index in [-0.39, 0.29) is 29.1 Å². The number of rotatable bonds is 5. The molecule has 0 atom stereocenters. The van der Waals surface area contributed by atoms with Crippen molar-refractivity contribution in [3.8, 4) is 0 Å². The molecule has 0 saturated heterocycles. The molecule has 0 amide bonds. The number of aryl methyl sites for hydroxylation is 1. The van der Waals surface area contributed by atoms with Gasteiger partial charge in [0.15, 0.2) is 5.65 Å². The zero-order chi connectivity index (χ0) is 17.2. The number of nitrogens with zero attached hydrogens (tertiary/aromatic N) is 3. The number of hydrogen-bond donors (Lipinski definition) is 2. The van der Waals surface area contributed by atoms with Gasteiger partial charge in [-0.3, -0.25) is 4.79 Å². The summed E-state index contributed by atoms with van der Waals surface area (Å²) in [6, 6.07) is 8.08. The molecule has 2 heterocycles. The summed E-state index contributed by atoms with van der Waals surface area (Å²) in [6.07, 6.45) is 1.64. The molecule has 0 aliphatic heterocycles. The Morgan fingerprint density at radius 3 is 2.67 bits per heavy atom. The minimum atomic E-state index is -3.60. The Bertz CT molecular complexity index is 1030.